The van der Waals surface area contributed by atoms with Crippen LogP contribution in [-0.4, -0.2) is 46.5 Å². The molecule has 0 bridgehead atoms. The van der Waals surface area contributed by atoms with Crippen LogP contribution < -0.4 is 15.4 Å². The maximum atomic E-state index is 9.76. The second-order valence-corrected chi connectivity index (χ2v) is 8.85. The van der Waals surface area contributed by atoms with Crippen molar-refractivity contribution in [2.75, 3.05) is 23.8 Å². The number of aliphatic hydroxyl groups excluding tert-OH is 1. The molecule has 2 aliphatic rings. The zero-order chi connectivity index (χ0) is 20.3. The molecule has 1 saturated carbocycles. The van der Waals surface area contributed by atoms with E-state index in [1.54, 1.807) is 11.3 Å². The van der Waals surface area contributed by atoms with Crippen LogP contribution in [0.3, 0.4) is 0 Å². The number of fused-ring (bicyclic) bond motifs is 1. The van der Waals surface area contributed by atoms with Crippen molar-refractivity contribution >= 4 is 39.0 Å². The van der Waals surface area contributed by atoms with Crippen LogP contribution in [0.15, 0.2) is 35.7 Å². The third kappa shape index (κ3) is 4.50. The molecule has 1 aliphatic carbocycles. The molecule has 2 fully saturated rings. The van der Waals surface area contributed by atoms with Gasteiger partial charge in [-0.2, -0.15) is 4.98 Å². The summed E-state index contributed by atoms with van der Waals surface area (Å²) in [4.78, 5) is 9.42. The Hall–Kier alpha value is -2.42. The molecular weight excluding hydrogens is 400 g/mol. The van der Waals surface area contributed by atoms with Crippen molar-refractivity contribution in [1.82, 2.24) is 9.97 Å². The fourth-order valence-corrected chi connectivity index (χ4v) is 4.76. The molecule has 2 aromatic heterocycles. The smallest absolute Gasteiger partial charge is 0.229 e. The Morgan fingerprint density at radius 3 is 2.63 bits per heavy atom. The van der Waals surface area contributed by atoms with E-state index in [0.717, 1.165) is 66.2 Å². The van der Waals surface area contributed by atoms with Gasteiger partial charge in [-0.1, -0.05) is 0 Å². The first-order chi connectivity index (χ1) is 14.7. The van der Waals surface area contributed by atoms with Crippen LogP contribution in [0, 0.1) is 0 Å². The summed E-state index contributed by atoms with van der Waals surface area (Å²) in [5.41, 5.74) is 1.84. The fraction of sp³-hybridized carbons (Fsp3) is 0.455. The van der Waals surface area contributed by atoms with Crippen LogP contribution in [0.2, 0.25) is 0 Å². The van der Waals surface area contributed by atoms with Crippen LogP contribution in [0.5, 0.6) is 5.75 Å². The first-order valence-corrected chi connectivity index (χ1v) is 11.4. The number of hydrogen-bond acceptors (Lipinski definition) is 8. The molecule has 0 spiro atoms. The fourth-order valence-electron chi connectivity index (χ4n) is 3.97. The Morgan fingerprint density at radius 2 is 1.87 bits per heavy atom. The molecule has 3 heterocycles. The summed E-state index contributed by atoms with van der Waals surface area (Å²) in [6, 6.07) is 10.2. The van der Waals surface area contributed by atoms with Gasteiger partial charge in [0.1, 0.15) is 17.7 Å². The van der Waals surface area contributed by atoms with Crippen LogP contribution in [-0.2, 0) is 4.74 Å². The summed E-state index contributed by atoms with van der Waals surface area (Å²) >= 11 is 1.64. The van der Waals surface area contributed by atoms with Gasteiger partial charge in [0.15, 0.2) is 0 Å². The Labute approximate surface area is 179 Å². The van der Waals surface area contributed by atoms with Gasteiger partial charge in [-0.3, -0.25) is 0 Å². The van der Waals surface area contributed by atoms with Gasteiger partial charge >= 0.3 is 0 Å². The molecule has 3 N–H and O–H groups in total. The van der Waals surface area contributed by atoms with Crippen molar-refractivity contribution in [2.45, 2.75) is 50.4 Å². The zero-order valence-electron chi connectivity index (χ0n) is 16.7. The number of ether oxygens (including phenoxy) is 2. The lowest BCUT2D eigenvalue weighted by Gasteiger charge is -2.26. The van der Waals surface area contributed by atoms with Gasteiger partial charge in [-0.05, 0) is 61.4 Å². The highest BCUT2D eigenvalue weighted by molar-refractivity contribution is 7.17. The maximum Gasteiger partial charge on any atom is 0.229 e. The minimum Gasteiger partial charge on any atom is -0.488 e. The van der Waals surface area contributed by atoms with Gasteiger partial charge in [0, 0.05) is 18.2 Å². The SMILES string of the molecule is OC1CCC(Nc2nc(Nc3ccc(OC4CCOC4)cc3)nc3ccsc23)CC1. The van der Waals surface area contributed by atoms with E-state index in [9.17, 15) is 5.11 Å². The summed E-state index contributed by atoms with van der Waals surface area (Å²) in [7, 11) is 0. The van der Waals surface area contributed by atoms with Crippen molar-refractivity contribution in [3.63, 3.8) is 0 Å². The molecule has 3 aromatic rings. The number of hydrogen-bond donors (Lipinski definition) is 3. The third-order valence-corrected chi connectivity index (χ3v) is 6.55. The lowest BCUT2D eigenvalue weighted by molar-refractivity contribution is 0.126. The van der Waals surface area contributed by atoms with E-state index >= 15 is 0 Å². The minimum absolute atomic E-state index is 0.141. The van der Waals surface area contributed by atoms with E-state index in [2.05, 4.69) is 15.6 Å². The summed E-state index contributed by atoms with van der Waals surface area (Å²) in [6.45, 7) is 1.43. The predicted molar refractivity (Wildman–Crippen MR) is 119 cm³/mol. The van der Waals surface area contributed by atoms with E-state index < -0.39 is 0 Å². The van der Waals surface area contributed by atoms with Crippen molar-refractivity contribution in [1.29, 1.82) is 0 Å². The van der Waals surface area contributed by atoms with Crippen LogP contribution in [0.4, 0.5) is 17.5 Å². The van der Waals surface area contributed by atoms with Gasteiger partial charge < -0.3 is 25.2 Å². The highest BCUT2D eigenvalue weighted by Crippen LogP contribution is 2.31. The van der Waals surface area contributed by atoms with Crippen molar-refractivity contribution < 1.29 is 14.6 Å². The number of aromatic nitrogens is 2. The number of aliphatic hydroxyl groups is 1. The molecule has 8 heteroatoms. The second-order valence-electron chi connectivity index (χ2n) is 7.93. The van der Waals surface area contributed by atoms with E-state index in [-0.39, 0.29) is 12.2 Å². The number of nitrogens with zero attached hydrogens (tertiary/aromatic N) is 2. The normalized spacial score (nSPS) is 24.1. The van der Waals surface area contributed by atoms with Crippen molar-refractivity contribution in [3.8, 4) is 5.75 Å². The minimum atomic E-state index is -0.166. The van der Waals surface area contributed by atoms with E-state index in [1.807, 2.05) is 35.7 Å². The number of thiophene rings is 1. The molecule has 1 atom stereocenters. The van der Waals surface area contributed by atoms with Gasteiger partial charge in [-0.25, -0.2) is 4.98 Å². The molecule has 1 aromatic carbocycles. The third-order valence-electron chi connectivity index (χ3n) is 5.64. The Morgan fingerprint density at radius 1 is 1.03 bits per heavy atom. The average molecular weight is 427 g/mol. The largest absolute Gasteiger partial charge is 0.488 e. The summed E-state index contributed by atoms with van der Waals surface area (Å²) in [6.07, 6.45) is 4.49. The lowest BCUT2D eigenvalue weighted by atomic mass is 9.93. The number of anilines is 3. The molecule has 0 amide bonds. The standard InChI is InChI=1S/C22H26N4O3S/c27-16-5-1-14(2-6-16)23-21-20-19(10-12-30-20)25-22(26-21)24-15-3-7-17(8-4-15)29-18-9-11-28-13-18/h3-4,7-8,10,12,14,16,18,27H,1-2,5-6,9,11,13H2,(H2,23,24,25,26). The predicted octanol–water partition coefficient (Wildman–Crippen LogP) is 4.32. The Bertz CT molecular complexity index is 980. The van der Waals surface area contributed by atoms with E-state index in [1.165, 1.54) is 0 Å². The molecule has 30 heavy (non-hydrogen) atoms. The first-order valence-electron chi connectivity index (χ1n) is 10.5. The van der Waals surface area contributed by atoms with E-state index in [0.29, 0.717) is 18.6 Å². The van der Waals surface area contributed by atoms with Gasteiger partial charge in [-0.15, -0.1) is 11.3 Å². The number of nitrogens with one attached hydrogen (secondary N) is 2. The summed E-state index contributed by atoms with van der Waals surface area (Å²) < 4.78 is 12.4. The molecular formula is C22H26N4O3S. The molecule has 158 valence electrons. The van der Waals surface area contributed by atoms with Crippen molar-refractivity contribution in [3.05, 3.63) is 35.7 Å². The summed E-state index contributed by atoms with van der Waals surface area (Å²) in [5, 5.41) is 18.7. The topological polar surface area (TPSA) is 88.5 Å². The molecule has 1 saturated heterocycles. The van der Waals surface area contributed by atoms with Crippen LogP contribution in [0.1, 0.15) is 32.1 Å². The number of rotatable bonds is 6. The Kier molecular flexibility index (Phi) is 5.70. The quantitative estimate of drug-likeness (QED) is 0.541. The maximum absolute atomic E-state index is 9.76. The van der Waals surface area contributed by atoms with Gasteiger partial charge in [0.25, 0.3) is 0 Å². The highest BCUT2D eigenvalue weighted by Gasteiger charge is 2.21. The average Bonchev–Trinajstić information content (AvgIpc) is 3.43. The molecule has 0 radical (unpaired) electrons. The molecule has 7 nitrogen and oxygen atoms in total. The molecule has 1 unspecified atom stereocenters. The molecule has 5 rings (SSSR count). The zero-order valence-corrected chi connectivity index (χ0v) is 17.5. The highest BCUT2D eigenvalue weighted by atomic mass is 32.1. The van der Waals surface area contributed by atoms with Crippen LogP contribution >= 0.6 is 11.3 Å². The number of benzene rings is 1. The van der Waals surface area contributed by atoms with Crippen molar-refractivity contribution in [2.24, 2.45) is 0 Å². The first kappa shape index (κ1) is 19.5. The molecule has 1 aliphatic heterocycles. The lowest BCUT2D eigenvalue weighted by Crippen LogP contribution is -2.28. The Balaban J connectivity index is 1.30. The van der Waals surface area contributed by atoms with Crippen LogP contribution in [0.25, 0.3) is 10.2 Å². The second kappa shape index (κ2) is 8.75. The van der Waals surface area contributed by atoms with Gasteiger partial charge in [0.2, 0.25) is 5.95 Å². The monoisotopic (exact) mass is 426 g/mol. The van der Waals surface area contributed by atoms with E-state index in [4.69, 9.17) is 14.5 Å². The van der Waals surface area contributed by atoms with Gasteiger partial charge in [0.05, 0.1) is 29.5 Å². The summed E-state index contributed by atoms with van der Waals surface area (Å²) in [5.74, 6) is 2.27.